The Kier molecular flexibility index (Phi) is 5.17. The van der Waals surface area contributed by atoms with Gasteiger partial charge in [-0.1, -0.05) is 38.0 Å². The third kappa shape index (κ3) is 4.08. The largest absolute Gasteiger partial charge is 0.365 e. The second-order valence-electron chi connectivity index (χ2n) is 8.71. The van der Waals surface area contributed by atoms with Crippen molar-refractivity contribution < 1.29 is 9.59 Å². The maximum absolute atomic E-state index is 12.8. The van der Waals surface area contributed by atoms with Crippen LogP contribution in [0.3, 0.4) is 0 Å². The lowest BCUT2D eigenvalue weighted by Crippen LogP contribution is -2.27. The van der Waals surface area contributed by atoms with Crippen LogP contribution in [-0.4, -0.2) is 11.8 Å². The number of fused-ring (bicyclic) bond motifs is 1. The molecule has 1 aliphatic carbocycles. The van der Waals surface area contributed by atoms with Crippen LogP contribution in [0.2, 0.25) is 0 Å². The summed E-state index contributed by atoms with van der Waals surface area (Å²) < 4.78 is 0. The minimum Gasteiger partial charge on any atom is -0.365 e. The lowest BCUT2D eigenvalue weighted by molar-refractivity contribution is 0.1000. The normalized spacial score (nSPS) is 16.7. The lowest BCUT2D eigenvalue weighted by Gasteiger charge is -2.33. The first-order valence-electron chi connectivity index (χ1n) is 9.40. The van der Waals surface area contributed by atoms with E-state index in [1.54, 1.807) is 0 Å². The molecule has 0 aliphatic heterocycles. The number of benzene rings is 1. The van der Waals surface area contributed by atoms with Crippen LogP contribution >= 0.6 is 11.3 Å². The van der Waals surface area contributed by atoms with Gasteiger partial charge >= 0.3 is 0 Å². The number of thiophene rings is 1. The summed E-state index contributed by atoms with van der Waals surface area (Å²) in [7, 11) is 0. The topological polar surface area (TPSA) is 72.2 Å². The van der Waals surface area contributed by atoms with Gasteiger partial charge in [-0.15, -0.1) is 11.3 Å². The molecule has 1 atom stereocenters. The van der Waals surface area contributed by atoms with Crippen molar-refractivity contribution in [2.75, 3.05) is 5.32 Å². The van der Waals surface area contributed by atoms with Gasteiger partial charge in [0.25, 0.3) is 11.8 Å². The van der Waals surface area contributed by atoms with Gasteiger partial charge in [0, 0.05) is 10.4 Å². The molecular formula is C22H28N2O2S. The number of carbonyl (C=O) groups excluding carboxylic acids is 2. The molecule has 1 aliphatic rings. The SMILES string of the molecule is Cc1cc(C)cc(C(=O)Nc2sc3c(c2C(N)=O)CC[C@@H](C(C)(C)C)C3)c1. The Bertz CT molecular complexity index is 886. The number of carbonyl (C=O) groups is 2. The molecule has 144 valence electrons. The molecule has 5 heteroatoms. The zero-order valence-electron chi connectivity index (χ0n) is 16.7. The number of amides is 2. The number of nitrogens with one attached hydrogen (secondary N) is 1. The third-order valence-corrected chi connectivity index (χ3v) is 6.62. The monoisotopic (exact) mass is 384 g/mol. The van der Waals surface area contributed by atoms with Crippen LogP contribution in [0.5, 0.6) is 0 Å². The van der Waals surface area contributed by atoms with Crippen LogP contribution in [0.4, 0.5) is 5.00 Å². The Balaban J connectivity index is 1.93. The molecule has 0 radical (unpaired) electrons. The van der Waals surface area contributed by atoms with E-state index < -0.39 is 5.91 Å². The predicted molar refractivity (Wildman–Crippen MR) is 112 cm³/mol. The molecule has 0 fully saturated rings. The van der Waals surface area contributed by atoms with Crippen molar-refractivity contribution in [3.63, 3.8) is 0 Å². The summed E-state index contributed by atoms with van der Waals surface area (Å²) in [5, 5.41) is 3.54. The summed E-state index contributed by atoms with van der Waals surface area (Å²) in [6.07, 6.45) is 2.81. The summed E-state index contributed by atoms with van der Waals surface area (Å²) in [5.41, 5.74) is 10.1. The zero-order valence-corrected chi connectivity index (χ0v) is 17.5. The van der Waals surface area contributed by atoms with Gasteiger partial charge in [-0.3, -0.25) is 9.59 Å². The summed E-state index contributed by atoms with van der Waals surface area (Å²) in [5.74, 6) is -0.0972. The molecule has 0 spiro atoms. The first-order valence-corrected chi connectivity index (χ1v) is 10.2. The lowest BCUT2D eigenvalue weighted by atomic mass is 9.72. The van der Waals surface area contributed by atoms with E-state index in [1.165, 1.54) is 16.2 Å². The van der Waals surface area contributed by atoms with E-state index in [0.717, 1.165) is 36.0 Å². The average Bonchev–Trinajstić information content (AvgIpc) is 2.90. The number of hydrogen-bond acceptors (Lipinski definition) is 3. The van der Waals surface area contributed by atoms with Crippen molar-refractivity contribution in [1.29, 1.82) is 0 Å². The summed E-state index contributed by atoms with van der Waals surface area (Å²) in [6.45, 7) is 10.7. The van der Waals surface area contributed by atoms with E-state index in [2.05, 4.69) is 26.1 Å². The Morgan fingerprint density at radius 1 is 1.15 bits per heavy atom. The molecule has 1 aromatic heterocycles. The molecule has 27 heavy (non-hydrogen) atoms. The quantitative estimate of drug-likeness (QED) is 0.792. The Hall–Kier alpha value is -2.14. The first kappa shape index (κ1) is 19.6. The molecule has 4 nitrogen and oxygen atoms in total. The van der Waals surface area contributed by atoms with Crippen molar-refractivity contribution in [2.24, 2.45) is 17.1 Å². The van der Waals surface area contributed by atoms with Crippen LogP contribution in [0.25, 0.3) is 0 Å². The average molecular weight is 385 g/mol. The maximum atomic E-state index is 12.8. The number of primary amides is 1. The van der Waals surface area contributed by atoms with E-state index in [4.69, 9.17) is 5.73 Å². The highest BCUT2D eigenvalue weighted by molar-refractivity contribution is 7.17. The highest BCUT2D eigenvalue weighted by atomic mass is 32.1. The van der Waals surface area contributed by atoms with Crippen molar-refractivity contribution in [3.8, 4) is 0 Å². The number of aryl methyl sites for hydroxylation is 2. The van der Waals surface area contributed by atoms with Crippen LogP contribution in [0.1, 0.15) is 69.5 Å². The second-order valence-corrected chi connectivity index (χ2v) is 9.81. The minimum atomic E-state index is -0.461. The first-order chi connectivity index (χ1) is 12.6. The molecule has 3 N–H and O–H groups in total. The van der Waals surface area contributed by atoms with Crippen LogP contribution in [0.15, 0.2) is 18.2 Å². The Morgan fingerprint density at radius 2 is 1.78 bits per heavy atom. The summed E-state index contributed by atoms with van der Waals surface area (Å²) >= 11 is 1.51. The number of hydrogen-bond donors (Lipinski definition) is 2. The van der Waals surface area contributed by atoms with Crippen LogP contribution in [0, 0.1) is 25.2 Å². The molecular weight excluding hydrogens is 356 g/mol. The summed E-state index contributed by atoms with van der Waals surface area (Å²) in [6, 6.07) is 5.74. The fraction of sp³-hybridized carbons (Fsp3) is 0.455. The summed E-state index contributed by atoms with van der Waals surface area (Å²) in [4.78, 5) is 26.1. The van der Waals surface area contributed by atoms with Crippen molar-refractivity contribution >= 4 is 28.2 Å². The maximum Gasteiger partial charge on any atom is 0.256 e. The van der Waals surface area contributed by atoms with Crippen molar-refractivity contribution in [2.45, 2.75) is 53.9 Å². The molecule has 3 rings (SSSR count). The predicted octanol–water partition coefficient (Wildman–Crippen LogP) is 4.87. The van der Waals surface area contributed by atoms with Gasteiger partial charge in [0.1, 0.15) is 5.00 Å². The van der Waals surface area contributed by atoms with Crippen LogP contribution < -0.4 is 11.1 Å². The van der Waals surface area contributed by atoms with E-state index in [1.807, 2.05) is 32.0 Å². The highest BCUT2D eigenvalue weighted by Gasteiger charge is 2.33. The van der Waals surface area contributed by atoms with Crippen LogP contribution in [-0.2, 0) is 12.8 Å². The van der Waals surface area contributed by atoms with Crippen molar-refractivity contribution in [3.05, 3.63) is 50.9 Å². The zero-order chi connectivity index (χ0) is 19.9. The Labute approximate surface area is 165 Å². The molecule has 2 amide bonds. The highest BCUT2D eigenvalue weighted by Crippen LogP contribution is 2.44. The minimum absolute atomic E-state index is 0.199. The molecule has 0 bridgehead atoms. The molecule has 0 unspecified atom stereocenters. The fourth-order valence-electron chi connectivity index (χ4n) is 3.95. The van der Waals surface area contributed by atoms with E-state index in [9.17, 15) is 9.59 Å². The standard InChI is InChI=1S/C22H28N2O2S/c1-12-8-13(2)10-14(9-12)20(26)24-21-18(19(23)25)16-7-6-15(22(3,4)5)11-17(16)27-21/h8-10,15H,6-7,11H2,1-5H3,(H2,23,25)(H,24,26)/t15-/m1/s1. The number of nitrogens with two attached hydrogens (primary N) is 1. The van der Waals surface area contributed by atoms with Gasteiger partial charge in [-0.2, -0.15) is 0 Å². The van der Waals surface area contributed by atoms with Gasteiger partial charge in [-0.05, 0) is 62.1 Å². The molecule has 0 saturated heterocycles. The van der Waals surface area contributed by atoms with Gasteiger partial charge < -0.3 is 11.1 Å². The van der Waals surface area contributed by atoms with Gasteiger partial charge in [0.2, 0.25) is 0 Å². The molecule has 2 aromatic rings. The van der Waals surface area contributed by atoms with Gasteiger partial charge in [0.15, 0.2) is 0 Å². The molecule has 1 aromatic carbocycles. The second kappa shape index (κ2) is 7.12. The molecule has 1 heterocycles. The van der Waals surface area contributed by atoms with Gasteiger partial charge in [-0.25, -0.2) is 0 Å². The number of anilines is 1. The molecule has 0 saturated carbocycles. The van der Waals surface area contributed by atoms with E-state index in [-0.39, 0.29) is 11.3 Å². The number of rotatable bonds is 3. The smallest absolute Gasteiger partial charge is 0.256 e. The Morgan fingerprint density at radius 3 is 2.33 bits per heavy atom. The van der Waals surface area contributed by atoms with Gasteiger partial charge in [0.05, 0.1) is 5.56 Å². The van der Waals surface area contributed by atoms with E-state index >= 15 is 0 Å². The van der Waals surface area contributed by atoms with Crippen molar-refractivity contribution in [1.82, 2.24) is 0 Å². The fourth-order valence-corrected chi connectivity index (χ4v) is 5.28. The van der Waals surface area contributed by atoms with E-state index in [0.29, 0.717) is 22.0 Å². The third-order valence-electron chi connectivity index (χ3n) is 5.45.